The van der Waals surface area contributed by atoms with Crippen LogP contribution in [0, 0.1) is 0 Å². The predicted molar refractivity (Wildman–Crippen MR) is 121 cm³/mol. The molecule has 28 heavy (non-hydrogen) atoms. The number of nitrogens with one attached hydrogen (secondary N) is 1. The smallest absolute Gasteiger partial charge is 0.124 e. The van der Waals surface area contributed by atoms with Crippen molar-refractivity contribution in [2.24, 2.45) is 0 Å². The first-order chi connectivity index (χ1) is 13.2. The van der Waals surface area contributed by atoms with Crippen molar-refractivity contribution in [2.75, 3.05) is 0 Å². The summed E-state index contributed by atoms with van der Waals surface area (Å²) in [5, 5.41) is 4.33. The molecule has 4 heteroatoms. The Balaban J connectivity index is 0.00000280. The Morgan fingerprint density at radius 3 is 2.21 bits per heavy atom. The van der Waals surface area contributed by atoms with Crippen LogP contribution in [-0.2, 0) is 19.6 Å². The van der Waals surface area contributed by atoms with Crippen LogP contribution in [0.4, 0.5) is 0 Å². The second kappa shape index (κ2) is 11.8. The van der Waals surface area contributed by atoms with Gasteiger partial charge in [-0.3, -0.25) is 0 Å². The lowest BCUT2D eigenvalue weighted by atomic mass is 10.1. The molecule has 2 nitrogen and oxygen atoms in total. The van der Waals surface area contributed by atoms with Gasteiger partial charge in [0.05, 0.1) is 0 Å². The zero-order valence-electron chi connectivity index (χ0n) is 16.1. The summed E-state index contributed by atoms with van der Waals surface area (Å²) in [5.74, 6) is 0.881. The van der Waals surface area contributed by atoms with Gasteiger partial charge in [0, 0.05) is 23.2 Å². The summed E-state index contributed by atoms with van der Waals surface area (Å²) < 4.78 is 6.04. The first kappa shape index (κ1) is 22.3. The van der Waals surface area contributed by atoms with E-state index in [4.69, 9.17) is 16.3 Å². The van der Waals surface area contributed by atoms with Crippen molar-refractivity contribution in [3.63, 3.8) is 0 Å². The molecule has 148 valence electrons. The van der Waals surface area contributed by atoms with E-state index in [1.807, 2.05) is 36.4 Å². The van der Waals surface area contributed by atoms with E-state index in [-0.39, 0.29) is 12.4 Å². The molecule has 0 aliphatic heterocycles. The second-order valence-electron chi connectivity index (χ2n) is 6.83. The Morgan fingerprint density at radius 1 is 0.893 bits per heavy atom. The van der Waals surface area contributed by atoms with Crippen LogP contribution in [0.2, 0.25) is 5.02 Å². The number of halogens is 2. The van der Waals surface area contributed by atoms with E-state index in [2.05, 4.69) is 54.7 Å². The monoisotopic (exact) mass is 415 g/mol. The van der Waals surface area contributed by atoms with Crippen molar-refractivity contribution in [2.45, 2.75) is 39.0 Å². The van der Waals surface area contributed by atoms with Gasteiger partial charge in [-0.25, -0.2) is 0 Å². The van der Waals surface area contributed by atoms with Crippen LogP contribution in [-0.4, -0.2) is 6.04 Å². The molecular formula is C24H27Cl2NO. The fourth-order valence-corrected chi connectivity index (χ4v) is 3.17. The van der Waals surface area contributed by atoms with Crippen LogP contribution >= 0.6 is 24.0 Å². The predicted octanol–water partition coefficient (Wildman–Crippen LogP) is 6.45. The Labute approximate surface area is 179 Å². The van der Waals surface area contributed by atoms with Crippen molar-refractivity contribution in [1.82, 2.24) is 5.32 Å². The van der Waals surface area contributed by atoms with Crippen molar-refractivity contribution in [3.05, 3.63) is 101 Å². The molecule has 0 amide bonds. The van der Waals surface area contributed by atoms with Gasteiger partial charge in [0.25, 0.3) is 0 Å². The summed E-state index contributed by atoms with van der Waals surface area (Å²) in [6.07, 6.45) is 2.16. The summed E-state index contributed by atoms with van der Waals surface area (Å²) in [6.45, 7) is 3.51. The summed E-state index contributed by atoms with van der Waals surface area (Å²) in [4.78, 5) is 0. The van der Waals surface area contributed by atoms with Crippen LogP contribution in [0.5, 0.6) is 5.75 Å². The molecule has 0 saturated heterocycles. The largest absolute Gasteiger partial charge is 0.489 e. The van der Waals surface area contributed by atoms with Gasteiger partial charge in [0.2, 0.25) is 0 Å². The van der Waals surface area contributed by atoms with Gasteiger partial charge in [0.1, 0.15) is 12.4 Å². The molecule has 0 bridgehead atoms. The SMILES string of the molecule is CC(CCc1ccccc1)NCc1cc(Cl)ccc1OCc1ccccc1.Cl. The van der Waals surface area contributed by atoms with Crippen molar-refractivity contribution in [1.29, 1.82) is 0 Å². The summed E-state index contributed by atoms with van der Waals surface area (Å²) in [7, 11) is 0. The van der Waals surface area contributed by atoms with Crippen molar-refractivity contribution >= 4 is 24.0 Å². The highest BCUT2D eigenvalue weighted by Crippen LogP contribution is 2.24. The number of rotatable bonds is 9. The molecule has 0 spiro atoms. The molecule has 0 aromatic heterocycles. The van der Waals surface area contributed by atoms with Crippen molar-refractivity contribution < 1.29 is 4.74 Å². The van der Waals surface area contributed by atoms with Crippen LogP contribution in [0.25, 0.3) is 0 Å². The highest BCUT2D eigenvalue weighted by atomic mass is 35.5. The number of hydrogen-bond acceptors (Lipinski definition) is 2. The molecule has 0 aliphatic rings. The third-order valence-corrected chi connectivity index (χ3v) is 4.84. The number of ether oxygens (including phenoxy) is 1. The van der Waals surface area contributed by atoms with Crippen LogP contribution in [0.15, 0.2) is 78.9 Å². The van der Waals surface area contributed by atoms with Gasteiger partial charge in [-0.15, -0.1) is 12.4 Å². The topological polar surface area (TPSA) is 21.3 Å². The molecule has 0 radical (unpaired) electrons. The first-order valence-corrected chi connectivity index (χ1v) is 9.81. The lowest BCUT2D eigenvalue weighted by Crippen LogP contribution is -2.26. The van der Waals surface area contributed by atoms with Gasteiger partial charge >= 0.3 is 0 Å². The quantitative estimate of drug-likeness (QED) is 0.433. The molecule has 3 aromatic carbocycles. The van der Waals surface area contributed by atoms with Crippen LogP contribution in [0.1, 0.15) is 30.0 Å². The third-order valence-electron chi connectivity index (χ3n) is 4.61. The maximum Gasteiger partial charge on any atom is 0.124 e. The number of hydrogen-bond donors (Lipinski definition) is 1. The van der Waals surface area contributed by atoms with Gasteiger partial charge in [0.15, 0.2) is 0 Å². The highest BCUT2D eigenvalue weighted by molar-refractivity contribution is 6.30. The van der Waals surface area contributed by atoms with Gasteiger partial charge in [-0.2, -0.15) is 0 Å². The van der Waals surface area contributed by atoms with E-state index in [1.165, 1.54) is 5.56 Å². The molecule has 0 heterocycles. The minimum atomic E-state index is 0. The molecular weight excluding hydrogens is 389 g/mol. The Bertz CT molecular complexity index is 825. The lowest BCUT2D eigenvalue weighted by Gasteiger charge is -2.17. The summed E-state index contributed by atoms with van der Waals surface area (Å²) in [6, 6.07) is 27.0. The molecule has 0 saturated carbocycles. The molecule has 1 N–H and O–H groups in total. The van der Waals surface area contributed by atoms with E-state index < -0.39 is 0 Å². The molecule has 3 rings (SSSR count). The van der Waals surface area contributed by atoms with E-state index in [0.717, 1.165) is 41.3 Å². The highest BCUT2D eigenvalue weighted by Gasteiger charge is 2.08. The Kier molecular flexibility index (Phi) is 9.36. The number of benzene rings is 3. The lowest BCUT2D eigenvalue weighted by molar-refractivity contribution is 0.301. The minimum Gasteiger partial charge on any atom is -0.489 e. The number of aryl methyl sites for hydroxylation is 1. The fraction of sp³-hybridized carbons (Fsp3) is 0.250. The average Bonchev–Trinajstić information content (AvgIpc) is 2.71. The van der Waals surface area contributed by atoms with Crippen LogP contribution < -0.4 is 10.1 Å². The standard InChI is InChI=1S/C24H26ClNO.ClH/c1-19(12-13-20-8-4-2-5-9-20)26-17-22-16-23(25)14-15-24(22)27-18-21-10-6-3-7-11-21;/h2-11,14-16,19,26H,12-13,17-18H2,1H3;1H. The first-order valence-electron chi connectivity index (χ1n) is 9.43. The molecule has 0 fully saturated rings. The molecule has 3 aromatic rings. The molecule has 0 aliphatic carbocycles. The van der Waals surface area contributed by atoms with Gasteiger partial charge < -0.3 is 10.1 Å². The summed E-state index contributed by atoms with van der Waals surface area (Å²) >= 11 is 6.21. The second-order valence-corrected chi connectivity index (χ2v) is 7.27. The normalized spacial score (nSPS) is 11.5. The van der Waals surface area contributed by atoms with E-state index in [1.54, 1.807) is 0 Å². The zero-order chi connectivity index (χ0) is 18.9. The van der Waals surface area contributed by atoms with E-state index in [0.29, 0.717) is 12.6 Å². The van der Waals surface area contributed by atoms with Gasteiger partial charge in [-0.05, 0) is 49.1 Å². The summed E-state index contributed by atoms with van der Waals surface area (Å²) in [5.41, 5.74) is 3.62. The maximum absolute atomic E-state index is 6.21. The van der Waals surface area contributed by atoms with Crippen LogP contribution in [0.3, 0.4) is 0 Å². The van der Waals surface area contributed by atoms with E-state index in [9.17, 15) is 0 Å². The van der Waals surface area contributed by atoms with Gasteiger partial charge in [-0.1, -0.05) is 72.3 Å². The third kappa shape index (κ3) is 7.20. The van der Waals surface area contributed by atoms with Crippen molar-refractivity contribution in [3.8, 4) is 5.75 Å². The molecule has 1 unspecified atom stereocenters. The van der Waals surface area contributed by atoms with E-state index >= 15 is 0 Å². The average molecular weight is 416 g/mol. The Hall–Kier alpha value is -2.00. The zero-order valence-corrected chi connectivity index (χ0v) is 17.7. The fourth-order valence-electron chi connectivity index (χ4n) is 2.98. The Morgan fingerprint density at radius 2 is 1.54 bits per heavy atom. The molecule has 1 atom stereocenters. The minimum absolute atomic E-state index is 0. The maximum atomic E-state index is 6.21.